The van der Waals surface area contributed by atoms with Crippen molar-refractivity contribution in [2.45, 2.75) is 12.8 Å². The predicted octanol–water partition coefficient (Wildman–Crippen LogP) is 3.19. The van der Waals surface area contributed by atoms with Crippen LogP contribution in [0.15, 0.2) is 30.3 Å². The summed E-state index contributed by atoms with van der Waals surface area (Å²) in [5, 5.41) is 1.04. The van der Waals surface area contributed by atoms with Crippen molar-refractivity contribution < 1.29 is 0 Å². The molecule has 0 unspecified atom stereocenters. The fourth-order valence-electron chi connectivity index (χ4n) is 0.871. The van der Waals surface area contributed by atoms with Crippen LogP contribution >= 0.6 is 15.9 Å². The second kappa shape index (κ2) is 3.77. The van der Waals surface area contributed by atoms with Gasteiger partial charge in [-0.05, 0) is 11.5 Å². The van der Waals surface area contributed by atoms with E-state index in [2.05, 4.69) is 47.1 Å². The first kappa shape index (κ1) is 7.80. The zero-order chi connectivity index (χ0) is 7.40. The summed E-state index contributed by atoms with van der Waals surface area (Å²) in [6.45, 7) is 2.21. The van der Waals surface area contributed by atoms with Gasteiger partial charge in [-0.1, -0.05) is 53.2 Å². The lowest BCUT2D eigenvalue weighted by atomic mass is 10.0. The molecule has 0 aliphatic carbocycles. The Kier molecular flexibility index (Phi) is 2.94. The lowest BCUT2D eigenvalue weighted by Crippen LogP contribution is -1.92. The molecular formula is C9H11Br. The van der Waals surface area contributed by atoms with Crippen molar-refractivity contribution in [2.75, 3.05) is 5.33 Å². The smallest absolute Gasteiger partial charge is 0.00975 e. The van der Waals surface area contributed by atoms with Gasteiger partial charge in [-0.2, -0.15) is 0 Å². The first-order valence-electron chi connectivity index (χ1n) is 3.45. The Balaban J connectivity index is 2.75. The second-order valence-electron chi connectivity index (χ2n) is 2.47. The summed E-state index contributed by atoms with van der Waals surface area (Å²) < 4.78 is 0. The van der Waals surface area contributed by atoms with Crippen LogP contribution in [0.25, 0.3) is 0 Å². The van der Waals surface area contributed by atoms with Crippen molar-refractivity contribution >= 4 is 15.9 Å². The van der Waals surface area contributed by atoms with Gasteiger partial charge in [-0.15, -0.1) is 0 Å². The number of halogens is 1. The van der Waals surface area contributed by atoms with Crippen LogP contribution in [-0.4, -0.2) is 5.33 Å². The van der Waals surface area contributed by atoms with Crippen molar-refractivity contribution in [3.8, 4) is 0 Å². The van der Waals surface area contributed by atoms with Gasteiger partial charge in [0.15, 0.2) is 0 Å². The fraction of sp³-hybridized carbons (Fsp3) is 0.333. The van der Waals surface area contributed by atoms with Gasteiger partial charge in [0.25, 0.3) is 0 Å². The summed E-state index contributed by atoms with van der Waals surface area (Å²) in [6.07, 6.45) is 0. The molecule has 0 aliphatic heterocycles. The van der Waals surface area contributed by atoms with Gasteiger partial charge in [-0.25, -0.2) is 0 Å². The van der Waals surface area contributed by atoms with Crippen LogP contribution in [0.1, 0.15) is 18.4 Å². The van der Waals surface area contributed by atoms with Crippen LogP contribution < -0.4 is 0 Å². The summed E-state index contributed by atoms with van der Waals surface area (Å²) in [4.78, 5) is 0. The topological polar surface area (TPSA) is 0 Å². The Labute approximate surface area is 70.4 Å². The van der Waals surface area contributed by atoms with Crippen LogP contribution in [0, 0.1) is 0 Å². The van der Waals surface area contributed by atoms with Crippen LogP contribution in [-0.2, 0) is 0 Å². The highest BCUT2D eigenvalue weighted by Crippen LogP contribution is 2.15. The van der Waals surface area contributed by atoms with E-state index < -0.39 is 0 Å². The van der Waals surface area contributed by atoms with Gasteiger partial charge < -0.3 is 0 Å². The second-order valence-corrected chi connectivity index (χ2v) is 3.11. The molecule has 0 amide bonds. The highest BCUT2D eigenvalue weighted by molar-refractivity contribution is 9.09. The van der Waals surface area contributed by atoms with Gasteiger partial charge in [0, 0.05) is 5.33 Å². The van der Waals surface area contributed by atoms with Crippen molar-refractivity contribution in [1.82, 2.24) is 0 Å². The maximum atomic E-state index is 3.45. The van der Waals surface area contributed by atoms with E-state index in [1.54, 1.807) is 0 Å². The molecule has 10 heavy (non-hydrogen) atoms. The van der Waals surface area contributed by atoms with E-state index in [9.17, 15) is 0 Å². The van der Waals surface area contributed by atoms with E-state index in [-0.39, 0.29) is 0 Å². The Morgan fingerprint density at radius 2 is 1.90 bits per heavy atom. The molecule has 1 rings (SSSR count). The molecule has 0 N–H and O–H groups in total. The van der Waals surface area contributed by atoms with Crippen molar-refractivity contribution in [2.24, 2.45) is 0 Å². The Morgan fingerprint density at radius 1 is 1.30 bits per heavy atom. The van der Waals surface area contributed by atoms with Crippen molar-refractivity contribution in [1.29, 1.82) is 0 Å². The molecule has 0 bridgehead atoms. The van der Waals surface area contributed by atoms with E-state index in [1.807, 2.05) is 6.07 Å². The molecule has 0 radical (unpaired) electrons. The van der Waals surface area contributed by atoms with Gasteiger partial charge in [-0.3, -0.25) is 0 Å². The molecule has 0 saturated carbocycles. The third-order valence-corrected chi connectivity index (χ3v) is 2.57. The first-order valence-corrected chi connectivity index (χ1v) is 4.57. The van der Waals surface area contributed by atoms with E-state index in [4.69, 9.17) is 0 Å². The van der Waals surface area contributed by atoms with Crippen LogP contribution in [0.3, 0.4) is 0 Å². The molecule has 0 aromatic heterocycles. The van der Waals surface area contributed by atoms with Crippen molar-refractivity contribution in [3.63, 3.8) is 0 Å². The minimum Gasteiger partial charge on any atom is -0.0922 e. The highest BCUT2D eigenvalue weighted by atomic mass is 79.9. The molecule has 1 aromatic carbocycles. The van der Waals surface area contributed by atoms with Crippen LogP contribution in [0.5, 0.6) is 0 Å². The van der Waals surface area contributed by atoms with Crippen LogP contribution in [0.4, 0.5) is 0 Å². The summed E-state index contributed by atoms with van der Waals surface area (Å²) in [5.74, 6) is 0.626. The minimum atomic E-state index is 0.626. The Bertz CT molecular complexity index is 181. The molecule has 0 spiro atoms. The lowest BCUT2D eigenvalue weighted by Gasteiger charge is -2.05. The SMILES string of the molecule is C[C@@H](CBr)c1ccccc1. The number of hydrogen-bond donors (Lipinski definition) is 0. The average Bonchev–Trinajstić information content (AvgIpc) is 2.05. The quantitative estimate of drug-likeness (QED) is 0.641. The molecule has 0 heterocycles. The van der Waals surface area contributed by atoms with Gasteiger partial charge >= 0.3 is 0 Å². The molecule has 1 aromatic rings. The first-order chi connectivity index (χ1) is 4.84. The number of alkyl halides is 1. The maximum Gasteiger partial charge on any atom is 0.00975 e. The number of rotatable bonds is 2. The normalized spacial score (nSPS) is 13.0. The molecule has 0 aliphatic rings. The monoisotopic (exact) mass is 198 g/mol. The van der Waals surface area contributed by atoms with E-state index in [1.165, 1.54) is 5.56 Å². The molecule has 0 saturated heterocycles. The number of benzene rings is 1. The molecule has 1 heteroatoms. The Morgan fingerprint density at radius 3 is 2.40 bits per heavy atom. The molecule has 1 atom stereocenters. The largest absolute Gasteiger partial charge is 0.0922 e. The molecule has 0 nitrogen and oxygen atoms in total. The standard InChI is InChI=1S/C9H11Br/c1-8(7-10)9-5-3-2-4-6-9/h2-6,8H,7H2,1H3/t8-/m0/s1. The average molecular weight is 199 g/mol. The number of hydrogen-bond acceptors (Lipinski definition) is 0. The van der Waals surface area contributed by atoms with Crippen molar-refractivity contribution in [3.05, 3.63) is 35.9 Å². The fourth-order valence-corrected chi connectivity index (χ4v) is 1.24. The summed E-state index contributed by atoms with van der Waals surface area (Å²) in [7, 11) is 0. The third-order valence-electron chi connectivity index (χ3n) is 1.60. The highest BCUT2D eigenvalue weighted by Gasteiger charge is 1.99. The van der Waals surface area contributed by atoms with Gasteiger partial charge in [0.2, 0.25) is 0 Å². The zero-order valence-corrected chi connectivity index (χ0v) is 7.64. The Hall–Kier alpha value is -0.300. The predicted molar refractivity (Wildman–Crippen MR) is 48.7 cm³/mol. The lowest BCUT2D eigenvalue weighted by molar-refractivity contribution is 0.888. The van der Waals surface area contributed by atoms with Gasteiger partial charge in [0.1, 0.15) is 0 Å². The van der Waals surface area contributed by atoms with E-state index in [0.717, 1.165) is 5.33 Å². The summed E-state index contributed by atoms with van der Waals surface area (Å²) in [5.41, 5.74) is 1.40. The molecule has 54 valence electrons. The van der Waals surface area contributed by atoms with E-state index in [0.29, 0.717) is 5.92 Å². The third kappa shape index (κ3) is 1.84. The molecule has 0 fully saturated rings. The van der Waals surface area contributed by atoms with Crippen LogP contribution in [0.2, 0.25) is 0 Å². The molecular weight excluding hydrogens is 188 g/mol. The minimum absolute atomic E-state index is 0.626. The summed E-state index contributed by atoms with van der Waals surface area (Å²) >= 11 is 3.45. The maximum absolute atomic E-state index is 3.45. The van der Waals surface area contributed by atoms with E-state index >= 15 is 0 Å². The van der Waals surface area contributed by atoms with Gasteiger partial charge in [0.05, 0.1) is 0 Å². The summed E-state index contributed by atoms with van der Waals surface area (Å²) in [6, 6.07) is 10.5. The zero-order valence-electron chi connectivity index (χ0n) is 6.05.